The van der Waals surface area contributed by atoms with Crippen LogP contribution in [0.3, 0.4) is 0 Å². The molecule has 3 fully saturated rings. The van der Waals surface area contributed by atoms with Gasteiger partial charge in [-0.05, 0) is 87.8 Å². The summed E-state index contributed by atoms with van der Waals surface area (Å²) in [5.41, 5.74) is 6.20. The minimum absolute atomic E-state index is 0.257. The lowest BCUT2D eigenvalue weighted by atomic mass is 9.66. The number of allylic oxidation sites excluding steroid dienone is 2. The molecule has 2 unspecified atom stereocenters. The number of benzene rings is 1. The molecule has 2 nitrogen and oxygen atoms in total. The largest absolute Gasteiger partial charge is 0.339 e. The van der Waals surface area contributed by atoms with Crippen molar-refractivity contribution in [3.05, 3.63) is 53.4 Å². The molecule has 33 heavy (non-hydrogen) atoms. The van der Waals surface area contributed by atoms with Gasteiger partial charge in [-0.3, -0.25) is 0 Å². The van der Waals surface area contributed by atoms with E-state index in [1.807, 2.05) is 0 Å². The maximum absolute atomic E-state index is 3.07. The normalized spacial score (nSPS) is 31.8. The van der Waals surface area contributed by atoms with Crippen molar-refractivity contribution in [2.75, 3.05) is 4.90 Å². The third kappa shape index (κ3) is 3.41. The SMILES string of the molecule is CC1=C2C=CC(C3CCCCC3)(C3CCCC3)N2C(C2CCCCC2)N1c1ccccc1C. The van der Waals surface area contributed by atoms with Crippen molar-refractivity contribution in [1.82, 2.24) is 4.90 Å². The first-order valence-electron chi connectivity index (χ1n) is 14.3. The first kappa shape index (κ1) is 21.8. The Bertz CT molecular complexity index is 911. The molecule has 0 bridgehead atoms. The van der Waals surface area contributed by atoms with Gasteiger partial charge < -0.3 is 9.80 Å². The van der Waals surface area contributed by atoms with E-state index in [0.717, 1.165) is 17.8 Å². The number of aryl methyl sites for hydroxylation is 1. The summed E-state index contributed by atoms with van der Waals surface area (Å²) in [5, 5.41) is 0. The number of nitrogens with zero attached hydrogens (tertiary/aromatic N) is 2. The van der Waals surface area contributed by atoms with Crippen LogP contribution in [0.5, 0.6) is 0 Å². The molecule has 0 spiro atoms. The topological polar surface area (TPSA) is 6.48 Å². The number of rotatable bonds is 4. The molecule has 1 aromatic rings. The number of para-hydroxylation sites is 1. The molecule has 2 heteroatoms. The second kappa shape index (κ2) is 8.82. The van der Waals surface area contributed by atoms with Crippen molar-refractivity contribution in [2.24, 2.45) is 17.8 Å². The third-order valence-corrected chi connectivity index (χ3v) is 10.2. The molecule has 0 radical (unpaired) electrons. The highest BCUT2D eigenvalue weighted by Gasteiger charge is 2.58. The molecule has 5 aliphatic rings. The number of fused-ring (bicyclic) bond motifs is 1. The molecule has 3 saturated carbocycles. The fourth-order valence-electron chi connectivity index (χ4n) is 8.65. The van der Waals surface area contributed by atoms with Gasteiger partial charge in [-0.1, -0.05) is 75.6 Å². The van der Waals surface area contributed by atoms with Crippen molar-refractivity contribution < 1.29 is 0 Å². The Balaban J connectivity index is 1.49. The van der Waals surface area contributed by atoms with Gasteiger partial charge in [0.25, 0.3) is 0 Å². The van der Waals surface area contributed by atoms with Gasteiger partial charge >= 0.3 is 0 Å². The quantitative estimate of drug-likeness (QED) is 0.460. The molecule has 0 N–H and O–H groups in total. The highest BCUT2D eigenvalue weighted by molar-refractivity contribution is 5.63. The Labute approximate surface area is 202 Å². The summed E-state index contributed by atoms with van der Waals surface area (Å²) in [5.74, 6) is 2.44. The highest BCUT2D eigenvalue weighted by atomic mass is 15.5. The van der Waals surface area contributed by atoms with Crippen molar-refractivity contribution >= 4 is 5.69 Å². The van der Waals surface area contributed by atoms with Crippen molar-refractivity contribution in [3.63, 3.8) is 0 Å². The molecular formula is C31H44N2. The predicted octanol–water partition coefficient (Wildman–Crippen LogP) is 8.33. The third-order valence-electron chi connectivity index (χ3n) is 10.2. The first-order chi connectivity index (χ1) is 16.2. The number of hydrogen-bond donors (Lipinski definition) is 0. The second-order valence-corrected chi connectivity index (χ2v) is 11.8. The summed E-state index contributed by atoms with van der Waals surface area (Å²) < 4.78 is 0. The summed E-state index contributed by atoms with van der Waals surface area (Å²) in [6.45, 7) is 4.74. The molecule has 2 aliphatic heterocycles. The van der Waals surface area contributed by atoms with Crippen LogP contribution in [0.1, 0.15) is 102 Å². The Hall–Kier alpha value is -1.70. The van der Waals surface area contributed by atoms with Crippen LogP contribution in [0.25, 0.3) is 0 Å². The molecular weight excluding hydrogens is 400 g/mol. The van der Waals surface area contributed by atoms with Crippen molar-refractivity contribution in [3.8, 4) is 0 Å². The summed E-state index contributed by atoms with van der Waals surface area (Å²) in [7, 11) is 0. The van der Waals surface area contributed by atoms with E-state index in [4.69, 9.17) is 0 Å². The minimum atomic E-state index is 0.257. The Morgan fingerprint density at radius 2 is 1.30 bits per heavy atom. The monoisotopic (exact) mass is 444 g/mol. The minimum Gasteiger partial charge on any atom is -0.339 e. The van der Waals surface area contributed by atoms with E-state index in [1.165, 1.54) is 107 Å². The van der Waals surface area contributed by atoms with E-state index >= 15 is 0 Å². The van der Waals surface area contributed by atoms with E-state index in [-0.39, 0.29) is 5.54 Å². The number of hydrogen-bond acceptors (Lipinski definition) is 2. The van der Waals surface area contributed by atoms with Gasteiger partial charge in [-0.2, -0.15) is 0 Å². The van der Waals surface area contributed by atoms with Gasteiger partial charge in [0.15, 0.2) is 0 Å². The Kier molecular flexibility index (Phi) is 5.83. The zero-order valence-electron chi connectivity index (χ0n) is 21.1. The van der Waals surface area contributed by atoms with Crippen LogP contribution in [0.15, 0.2) is 47.8 Å². The Morgan fingerprint density at radius 1 is 0.727 bits per heavy atom. The lowest BCUT2D eigenvalue weighted by molar-refractivity contribution is 0.00170. The summed E-state index contributed by atoms with van der Waals surface area (Å²) >= 11 is 0. The molecule has 1 aromatic carbocycles. The van der Waals surface area contributed by atoms with E-state index in [2.05, 4.69) is 60.1 Å². The predicted molar refractivity (Wildman–Crippen MR) is 139 cm³/mol. The molecule has 0 aromatic heterocycles. The van der Waals surface area contributed by atoms with Crippen LogP contribution in [0.4, 0.5) is 5.69 Å². The lowest BCUT2D eigenvalue weighted by Crippen LogP contribution is -2.61. The van der Waals surface area contributed by atoms with E-state index in [9.17, 15) is 0 Å². The highest BCUT2D eigenvalue weighted by Crippen LogP contribution is 2.57. The zero-order valence-corrected chi connectivity index (χ0v) is 21.1. The lowest BCUT2D eigenvalue weighted by Gasteiger charge is -2.54. The molecule has 0 saturated heterocycles. The zero-order chi connectivity index (χ0) is 22.4. The van der Waals surface area contributed by atoms with E-state index in [0.29, 0.717) is 6.17 Å². The smallest absolute Gasteiger partial charge is 0.110 e. The molecule has 2 atom stereocenters. The fourth-order valence-corrected chi connectivity index (χ4v) is 8.65. The standard InChI is InChI=1S/C31H44N2/c1-23-13-9-12-20-28(23)32-24(2)29-21-22-31(27-18-10-11-19-27,26-16-7-4-8-17-26)33(29)30(32)25-14-5-3-6-15-25/h9,12-13,20-22,25-27,30H,3-8,10-11,14-19H2,1-2H3. The Morgan fingerprint density at radius 3 is 1.94 bits per heavy atom. The van der Waals surface area contributed by atoms with Crippen LogP contribution < -0.4 is 4.90 Å². The van der Waals surface area contributed by atoms with Crippen LogP contribution >= 0.6 is 0 Å². The van der Waals surface area contributed by atoms with Crippen LogP contribution in [-0.4, -0.2) is 16.6 Å². The van der Waals surface area contributed by atoms with Gasteiger partial charge in [0.05, 0.1) is 11.2 Å². The second-order valence-electron chi connectivity index (χ2n) is 11.8. The summed E-state index contributed by atoms with van der Waals surface area (Å²) in [6, 6.07) is 9.16. The average molecular weight is 445 g/mol. The summed E-state index contributed by atoms with van der Waals surface area (Å²) in [4.78, 5) is 5.87. The molecule has 6 rings (SSSR count). The van der Waals surface area contributed by atoms with Crippen molar-refractivity contribution in [1.29, 1.82) is 0 Å². The van der Waals surface area contributed by atoms with Crippen LogP contribution in [0.2, 0.25) is 0 Å². The first-order valence-corrected chi connectivity index (χ1v) is 14.3. The van der Waals surface area contributed by atoms with Gasteiger partial charge in [0, 0.05) is 11.4 Å². The van der Waals surface area contributed by atoms with E-state index < -0.39 is 0 Å². The van der Waals surface area contributed by atoms with Gasteiger partial charge in [0.2, 0.25) is 0 Å². The maximum atomic E-state index is 3.07. The van der Waals surface area contributed by atoms with Crippen LogP contribution in [-0.2, 0) is 0 Å². The van der Waals surface area contributed by atoms with Gasteiger partial charge in [0.1, 0.15) is 6.17 Å². The van der Waals surface area contributed by atoms with E-state index in [1.54, 1.807) is 5.70 Å². The van der Waals surface area contributed by atoms with Gasteiger partial charge in [-0.15, -0.1) is 0 Å². The molecule has 3 aliphatic carbocycles. The molecule has 178 valence electrons. The molecule has 2 heterocycles. The van der Waals surface area contributed by atoms with Gasteiger partial charge in [-0.25, -0.2) is 0 Å². The maximum Gasteiger partial charge on any atom is 0.110 e. The fraction of sp³-hybridized carbons (Fsp3) is 0.677. The van der Waals surface area contributed by atoms with Crippen molar-refractivity contribution in [2.45, 2.75) is 115 Å². The molecule has 0 amide bonds. The average Bonchev–Trinajstić information content (AvgIpc) is 3.58. The van der Waals surface area contributed by atoms with Crippen LogP contribution in [0, 0.1) is 24.7 Å². The summed E-state index contributed by atoms with van der Waals surface area (Å²) in [6.07, 6.45) is 25.8. The number of anilines is 1.